The van der Waals surface area contributed by atoms with Gasteiger partial charge in [-0.2, -0.15) is 0 Å². The van der Waals surface area contributed by atoms with Crippen molar-refractivity contribution >= 4 is 17.3 Å². The van der Waals surface area contributed by atoms with Crippen LogP contribution in [-0.2, 0) is 9.59 Å². The molecule has 0 radical (unpaired) electrons. The average Bonchev–Trinajstić information content (AvgIpc) is 3.20. The van der Waals surface area contributed by atoms with E-state index in [0.717, 1.165) is 63.3 Å². The molecule has 1 aromatic rings. The molecule has 1 unspecified atom stereocenters. The molecule has 212 valence electrons. The molecule has 3 saturated carbocycles. The van der Waals surface area contributed by atoms with Crippen molar-refractivity contribution in [3.8, 4) is 5.75 Å². The van der Waals surface area contributed by atoms with Gasteiger partial charge in [-0.1, -0.05) is 19.4 Å². The van der Waals surface area contributed by atoms with E-state index < -0.39 is 17.1 Å². The molecule has 4 aliphatic carbocycles. The molecule has 7 nitrogen and oxygen atoms in total. The maximum Gasteiger partial charge on any atom is 0.178 e. The molecule has 1 aromatic carbocycles. The Morgan fingerprint density at radius 1 is 1.05 bits per heavy atom. The number of methoxy groups -OCH3 is 1. The van der Waals surface area contributed by atoms with Crippen LogP contribution in [0.1, 0.15) is 58.8 Å². The van der Waals surface area contributed by atoms with E-state index in [1.807, 2.05) is 18.2 Å². The summed E-state index contributed by atoms with van der Waals surface area (Å²) in [6.07, 6.45) is 6.17. The maximum atomic E-state index is 13.9. The number of rotatable bonds is 5. The van der Waals surface area contributed by atoms with Crippen molar-refractivity contribution in [2.24, 2.45) is 28.6 Å². The first-order valence-electron chi connectivity index (χ1n) is 14.9. The predicted octanol–water partition coefficient (Wildman–Crippen LogP) is 3.62. The largest absolute Gasteiger partial charge is 0.497 e. The molecule has 0 amide bonds. The highest BCUT2D eigenvalue weighted by Gasteiger charge is 2.68. The summed E-state index contributed by atoms with van der Waals surface area (Å²) in [6, 6.07) is 8.08. The number of carbonyl (C=O) groups excluding carboxylic acids is 2. The summed E-state index contributed by atoms with van der Waals surface area (Å²) in [5, 5.41) is 23.7. The number of aliphatic hydroxyl groups excluding tert-OH is 1. The molecule has 7 atom stereocenters. The molecule has 39 heavy (non-hydrogen) atoms. The van der Waals surface area contributed by atoms with Crippen LogP contribution >= 0.6 is 0 Å². The predicted molar refractivity (Wildman–Crippen MR) is 150 cm³/mol. The van der Waals surface area contributed by atoms with Crippen LogP contribution in [0.15, 0.2) is 35.9 Å². The minimum atomic E-state index is -1.41. The highest BCUT2D eigenvalue weighted by molar-refractivity contribution is 5.92. The number of ether oxygens (including phenoxy) is 1. The van der Waals surface area contributed by atoms with Crippen molar-refractivity contribution in [1.82, 2.24) is 4.90 Å². The Hall–Kier alpha value is -2.22. The van der Waals surface area contributed by atoms with Crippen LogP contribution < -0.4 is 9.64 Å². The van der Waals surface area contributed by atoms with Crippen LogP contribution in [0.3, 0.4) is 0 Å². The Bertz CT molecular complexity index is 1160. The number of nitrogens with zero attached hydrogens (tertiary/aromatic N) is 2. The van der Waals surface area contributed by atoms with Crippen LogP contribution in [0.25, 0.3) is 0 Å². The highest BCUT2D eigenvalue weighted by atomic mass is 16.5. The standard InChI is InChI=1S/C32H44N2O5/c1-30-12-10-23(35)18-21(30)4-9-25-26-11-13-32(38,31(26,2)19-27(36)29(25)30)28(37)20-33-14-16-34(17-15-33)22-5-7-24(39-3)8-6-22/h5-8,18,25-27,29,36,38H,4,9-17,19-20H2,1-3H3/t25-,26-,27?,29+,30-,31-,32-/m0/s1. The molecule has 0 aromatic heterocycles. The fourth-order valence-corrected chi connectivity index (χ4v) is 9.44. The normalized spacial score (nSPS) is 40.4. The van der Waals surface area contributed by atoms with Gasteiger partial charge in [0, 0.05) is 43.7 Å². The fraction of sp³-hybridized carbons (Fsp3) is 0.688. The number of piperazine rings is 1. The second-order valence-electron chi connectivity index (χ2n) is 13.4. The lowest BCUT2D eigenvalue weighted by atomic mass is 9.45. The van der Waals surface area contributed by atoms with E-state index in [2.05, 4.69) is 35.8 Å². The van der Waals surface area contributed by atoms with Crippen molar-refractivity contribution in [2.75, 3.05) is 44.7 Å². The Morgan fingerprint density at radius 2 is 1.77 bits per heavy atom. The summed E-state index contributed by atoms with van der Waals surface area (Å²) >= 11 is 0. The fourth-order valence-electron chi connectivity index (χ4n) is 9.44. The number of carbonyl (C=O) groups is 2. The highest BCUT2D eigenvalue weighted by Crippen LogP contribution is 2.67. The number of benzene rings is 1. The first-order valence-corrected chi connectivity index (χ1v) is 14.9. The number of allylic oxidation sites excluding steroid dienone is 1. The summed E-state index contributed by atoms with van der Waals surface area (Å²) in [7, 11) is 1.67. The number of fused-ring (bicyclic) bond motifs is 5. The molecule has 1 aliphatic heterocycles. The first kappa shape index (κ1) is 27.0. The minimum absolute atomic E-state index is 0.0816. The number of hydrogen-bond acceptors (Lipinski definition) is 7. The zero-order valence-corrected chi connectivity index (χ0v) is 23.7. The second-order valence-corrected chi connectivity index (χ2v) is 13.4. The van der Waals surface area contributed by atoms with Crippen molar-refractivity contribution < 1.29 is 24.5 Å². The SMILES string of the molecule is COc1ccc(N2CCN(CC(=O)[C@@]3(O)CC[C@H]4[C@@H]5CCC6=CC(=O)CC[C@]6(C)[C@H]5C(O)C[C@@]43C)CC2)cc1. The number of Topliss-reactive ketones (excluding diaryl/α,β-unsaturated/α-hetero) is 1. The Morgan fingerprint density at radius 3 is 2.46 bits per heavy atom. The third-order valence-electron chi connectivity index (χ3n) is 11.7. The smallest absolute Gasteiger partial charge is 0.178 e. The summed E-state index contributed by atoms with van der Waals surface area (Å²) in [6.45, 7) is 7.77. The van der Waals surface area contributed by atoms with Crippen LogP contribution in [0.5, 0.6) is 5.75 Å². The zero-order valence-electron chi connectivity index (χ0n) is 23.7. The third kappa shape index (κ3) is 4.18. The van der Waals surface area contributed by atoms with Crippen LogP contribution in [-0.4, -0.2) is 78.2 Å². The second kappa shape index (κ2) is 9.71. The molecule has 0 spiro atoms. The lowest BCUT2D eigenvalue weighted by molar-refractivity contribution is -0.181. The number of hydrogen-bond donors (Lipinski definition) is 2. The van der Waals surface area contributed by atoms with Gasteiger partial charge in [0.2, 0.25) is 0 Å². The van der Waals surface area contributed by atoms with Crippen LogP contribution in [0, 0.1) is 28.6 Å². The zero-order chi connectivity index (χ0) is 27.6. The van der Waals surface area contributed by atoms with E-state index in [1.165, 1.54) is 5.57 Å². The lowest BCUT2D eigenvalue weighted by Gasteiger charge is -2.60. The number of ketones is 2. The Balaban J connectivity index is 1.14. The van der Waals surface area contributed by atoms with E-state index in [4.69, 9.17) is 4.74 Å². The van der Waals surface area contributed by atoms with E-state index in [-0.39, 0.29) is 41.3 Å². The maximum absolute atomic E-state index is 13.9. The van der Waals surface area contributed by atoms with Gasteiger partial charge in [0.1, 0.15) is 11.4 Å². The minimum Gasteiger partial charge on any atom is -0.497 e. The van der Waals surface area contributed by atoms with E-state index in [1.54, 1.807) is 7.11 Å². The van der Waals surface area contributed by atoms with Gasteiger partial charge < -0.3 is 19.8 Å². The molecule has 7 heteroatoms. The summed E-state index contributed by atoms with van der Waals surface area (Å²) in [5.41, 5.74) is 0.166. The van der Waals surface area contributed by atoms with Crippen LogP contribution in [0.2, 0.25) is 0 Å². The molecule has 2 N–H and O–H groups in total. The van der Waals surface area contributed by atoms with Crippen molar-refractivity contribution in [2.45, 2.75) is 70.5 Å². The first-order chi connectivity index (χ1) is 18.6. The van der Waals surface area contributed by atoms with Gasteiger partial charge in [0.25, 0.3) is 0 Å². The van der Waals surface area contributed by atoms with E-state index >= 15 is 0 Å². The van der Waals surface area contributed by atoms with Crippen LogP contribution in [0.4, 0.5) is 5.69 Å². The summed E-state index contributed by atoms with van der Waals surface area (Å²) in [4.78, 5) is 30.5. The van der Waals surface area contributed by atoms with Gasteiger partial charge in [-0.25, -0.2) is 0 Å². The molecule has 1 heterocycles. The quantitative estimate of drug-likeness (QED) is 0.594. The summed E-state index contributed by atoms with van der Waals surface area (Å²) < 4.78 is 5.27. The van der Waals surface area contributed by atoms with Gasteiger partial charge >= 0.3 is 0 Å². The topological polar surface area (TPSA) is 90.3 Å². The van der Waals surface area contributed by atoms with Crippen molar-refractivity contribution in [3.05, 3.63) is 35.9 Å². The number of anilines is 1. The molecule has 6 rings (SSSR count). The molecule has 1 saturated heterocycles. The molecular weight excluding hydrogens is 492 g/mol. The third-order valence-corrected chi connectivity index (χ3v) is 11.7. The van der Waals surface area contributed by atoms with Crippen molar-refractivity contribution in [3.63, 3.8) is 0 Å². The Kier molecular flexibility index (Phi) is 6.71. The van der Waals surface area contributed by atoms with Gasteiger partial charge in [0.05, 0.1) is 19.8 Å². The molecule has 5 aliphatic rings. The lowest BCUT2D eigenvalue weighted by Crippen LogP contribution is -2.63. The van der Waals surface area contributed by atoms with E-state index in [9.17, 15) is 19.8 Å². The average molecular weight is 537 g/mol. The molecule has 0 bridgehead atoms. The monoisotopic (exact) mass is 536 g/mol. The summed E-state index contributed by atoms with van der Waals surface area (Å²) in [5.74, 6) is 1.54. The number of aliphatic hydroxyl groups is 2. The van der Waals surface area contributed by atoms with Gasteiger partial charge in [-0.3, -0.25) is 14.5 Å². The van der Waals surface area contributed by atoms with E-state index in [0.29, 0.717) is 19.3 Å². The van der Waals surface area contributed by atoms with Gasteiger partial charge in [-0.05, 0) is 92.0 Å². The van der Waals surface area contributed by atoms with Gasteiger partial charge in [0.15, 0.2) is 11.6 Å². The van der Waals surface area contributed by atoms with Gasteiger partial charge in [-0.15, -0.1) is 0 Å². The van der Waals surface area contributed by atoms with Crippen molar-refractivity contribution in [1.29, 1.82) is 0 Å². The molecule has 4 fully saturated rings. The Labute approximate surface area is 232 Å². The molecular formula is C32H44N2O5.